The Bertz CT molecular complexity index is 739. The molecule has 5 heteroatoms. The predicted molar refractivity (Wildman–Crippen MR) is 79.8 cm³/mol. The van der Waals surface area contributed by atoms with Gasteiger partial charge in [0.25, 0.3) is 11.5 Å². The van der Waals surface area contributed by atoms with Gasteiger partial charge in [-0.3, -0.25) is 9.59 Å². The summed E-state index contributed by atoms with van der Waals surface area (Å²) < 4.78 is 0. The summed E-state index contributed by atoms with van der Waals surface area (Å²) in [4.78, 5) is 26.4. The van der Waals surface area contributed by atoms with Crippen molar-refractivity contribution in [3.05, 3.63) is 57.9 Å². The smallest absolute Gasteiger partial charge is 0.261 e. The largest absolute Gasteiger partial charge is 0.352 e. The third kappa shape index (κ3) is 3.37. The molecular formula is C16H15N3O2. The summed E-state index contributed by atoms with van der Waals surface area (Å²) in [6, 6.07) is 12.1. The molecule has 1 aromatic carbocycles. The average molecular weight is 281 g/mol. The third-order valence-corrected chi connectivity index (χ3v) is 3.01. The summed E-state index contributed by atoms with van der Waals surface area (Å²) in [5.41, 5.74) is 1.62. The third-order valence-electron chi connectivity index (χ3n) is 3.01. The van der Waals surface area contributed by atoms with E-state index in [1.165, 1.54) is 6.07 Å². The fourth-order valence-corrected chi connectivity index (χ4v) is 1.88. The number of hydrogen-bond donors (Lipinski definition) is 2. The van der Waals surface area contributed by atoms with Crippen LogP contribution in [0.1, 0.15) is 29.3 Å². The maximum absolute atomic E-state index is 12.0. The van der Waals surface area contributed by atoms with E-state index in [0.29, 0.717) is 17.8 Å². The number of aromatic nitrogens is 1. The van der Waals surface area contributed by atoms with E-state index in [1.54, 1.807) is 30.3 Å². The first-order valence-electron chi connectivity index (χ1n) is 6.67. The monoisotopic (exact) mass is 281 g/mol. The molecule has 0 saturated carbocycles. The van der Waals surface area contributed by atoms with Crippen molar-refractivity contribution in [3.63, 3.8) is 0 Å². The Morgan fingerprint density at radius 1 is 1.24 bits per heavy atom. The van der Waals surface area contributed by atoms with Gasteiger partial charge < -0.3 is 10.3 Å². The Balaban J connectivity index is 2.28. The number of carbonyl (C=O) groups is 1. The van der Waals surface area contributed by atoms with Gasteiger partial charge in [-0.2, -0.15) is 5.26 Å². The van der Waals surface area contributed by atoms with Crippen LogP contribution in [0.5, 0.6) is 0 Å². The highest BCUT2D eigenvalue weighted by molar-refractivity contribution is 5.94. The number of benzene rings is 1. The molecule has 1 aromatic heterocycles. The zero-order valence-corrected chi connectivity index (χ0v) is 11.6. The summed E-state index contributed by atoms with van der Waals surface area (Å²) in [7, 11) is 0. The van der Waals surface area contributed by atoms with E-state index in [2.05, 4.69) is 10.3 Å². The van der Waals surface area contributed by atoms with Gasteiger partial charge in [-0.15, -0.1) is 0 Å². The number of carbonyl (C=O) groups excluding carboxylic acids is 1. The molecule has 0 radical (unpaired) electrons. The number of nitrogens with zero attached hydrogens (tertiary/aromatic N) is 1. The molecule has 2 N–H and O–H groups in total. The van der Waals surface area contributed by atoms with Crippen LogP contribution in [0.2, 0.25) is 0 Å². The number of nitrogens with one attached hydrogen (secondary N) is 2. The molecule has 2 aromatic rings. The maximum atomic E-state index is 12.0. The van der Waals surface area contributed by atoms with E-state index in [0.717, 1.165) is 12.0 Å². The lowest BCUT2D eigenvalue weighted by molar-refractivity contribution is 0.0952. The zero-order chi connectivity index (χ0) is 15.2. The predicted octanol–water partition coefficient (Wildman–Crippen LogP) is 2.05. The standard InChI is InChI=1S/C16H15N3O2/c1-2-9-18-15(20)13-7-8-14(19-16(13)21)12-5-3-11(10-17)4-6-12/h3-8H,2,9H2,1H3,(H,18,20)(H,19,21). The SMILES string of the molecule is CCCNC(=O)c1ccc(-c2ccc(C#N)cc2)[nH]c1=O. The van der Waals surface area contributed by atoms with Crippen molar-refractivity contribution < 1.29 is 4.79 Å². The van der Waals surface area contributed by atoms with Crippen LogP contribution in [0.3, 0.4) is 0 Å². The minimum atomic E-state index is -0.425. The van der Waals surface area contributed by atoms with Crippen LogP contribution in [-0.4, -0.2) is 17.4 Å². The minimum Gasteiger partial charge on any atom is -0.352 e. The lowest BCUT2D eigenvalue weighted by atomic mass is 10.1. The van der Waals surface area contributed by atoms with Gasteiger partial charge in [-0.05, 0) is 36.2 Å². The lowest BCUT2D eigenvalue weighted by Crippen LogP contribution is -2.30. The second-order valence-corrected chi connectivity index (χ2v) is 4.56. The highest BCUT2D eigenvalue weighted by Gasteiger charge is 2.10. The average Bonchev–Trinajstić information content (AvgIpc) is 2.52. The molecule has 0 spiro atoms. The van der Waals surface area contributed by atoms with Crippen molar-refractivity contribution in [2.45, 2.75) is 13.3 Å². The molecule has 0 bridgehead atoms. The summed E-state index contributed by atoms with van der Waals surface area (Å²) in [5, 5.41) is 11.4. The fourth-order valence-electron chi connectivity index (χ4n) is 1.88. The molecule has 0 unspecified atom stereocenters. The first-order valence-corrected chi connectivity index (χ1v) is 6.67. The fraction of sp³-hybridized carbons (Fsp3) is 0.188. The Labute approximate surface area is 122 Å². The van der Waals surface area contributed by atoms with Gasteiger partial charge in [-0.25, -0.2) is 0 Å². The lowest BCUT2D eigenvalue weighted by Gasteiger charge is -2.05. The van der Waals surface area contributed by atoms with Crippen molar-refractivity contribution in [2.24, 2.45) is 0 Å². The molecular weight excluding hydrogens is 266 g/mol. The summed E-state index contributed by atoms with van der Waals surface area (Å²) in [6.45, 7) is 2.48. The van der Waals surface area contributed by atoms with Crippen molar-refractivity contribution in [1.82, 2.24) is 10.3 Å². The molecule has 5 nitrogen and oxygen atoms in total. The molecule has 1 heterocycles. The van der Waals surface area contributed by atoms with Gasteiger partial charge >= 0.3 is 0 Å². The van der Waals surface area contributed by atoms with Gasteiger partial charge in [0.05, 0.1) is 11.6 Å². The summed E-state index contributed by atoms with van der Waals surface area (Å²) in [5.74, 6) is -0.371. The second kappa shape index (κ2) is 6.53. The molecule has 0 aliphatic carbocycles. The number of hydrogen-bond acceptors (Lipinski definition) is 3. The van der Waals surface area contributed by atoms with Crippen LogP contribution in [-0.2, 0) is 0 Å². The molecule has 0 fully saturated rings. The summed E-state index contributed by atoms with van der Waals surface area (Å²) >= 11 is 0. The van der Waals surface area contributed by atoms with Gasteiger partial charge in [0, 0.05) is 12.2 Å². The van der Waals surface area contributed by atoms with Gasteiger partial charge in [0.2, 0.25) is 0 Å². The van der Waals surface area contributed by atoms with E-state index in [-0.39, 0.29) is 11.5 Å². The number of H-pyrrole nitrogens is 1. The Hall–Kier alpha value is -2.87. The van der Waals surface area contributed by atoms with Crippen molar-refractivity contribution in [1.29, 1.82) is 5.26 Å². The Morgan fingerprint density at radius 3 is 2.52 bits per heavy atom. The van der Waals surface area contributed by atoms with Crippen molar-refractivity contribution in [2.75, 3.05) is 6.54 Å². The topological polar surface area (TPSA) is 85.8 Å². The van der Waals surface area contributed by atoms with Crippen LogP contribution < -0.4 is 10.9 Å². The van der Waals surface area contributed by atoms with Crippen LogP contribution in [0.25, 0.3) is 11.3 Å². The highest BCUT2D eigenvalue weighted by atomic mass is 16.2. The number of amides is 1. The number of aromatic amines is 1. The first kappa shape index (κ1) is 14.5. The maximum Gasteiger partial charge on any atom is 0.261 e. The minimum absolute atomic E-state index is 0.0980. The molecule has 2 rings (SSSR count). The van der Waals surface area contributed by atoms with Crippen molar-refractivity contribution >= 4 is 5.91 Å². The van der Waals surface area contributed by atoms with E-state index in [1.807, 2.05) is 13.0 Å². The number of nitriles is 1. The van der Waals surface area contributed by atoms with E-state index in [9.17, 15) is 9.59 Å². The van der Waals surface area contributed by atoms with Crippen LogP contribution in [0.15, 0.2) is 41.2 Å². The molecule has 0 saturated heterocycles. The second-order valence-electron chi connectivity index (χ2n) is 4.56. The molecule has 0 aliphatic heterocycles. The number of rotatable bonds is 4. The molecule has 0 aliphatic rings. The molecule has 1 amide bonds. The Morgan fingerprint density at radius 2 is 1.95 bits per heavy atom. The van der Waals surface area contributed by atoms with E-state index < -0.39 is 5.56 Å². The van der Waals surface area contributed by atoms with Crippen LogP contribution in [0, 0.1) is 11.3 Å². The number of pyridine rings is 1. The molecule has 21 heavy (non-hydrogen) atoms. The van der Waals surface area contributed by atoms with Gasteiger partial charge in [0.1, 0.15) is 5.56 Å². The summed E-state index contributed by atoms with van der Waals surface area (Å²) in [6.07, 6.45) is 0.812. The molecule has 0 atom stereocenters. The van der Waals surface area contributed by atoms with Crippen LogP contribution >= 0.6 is 0 Å². The van der Waals surface area contributed by atoms with Gasteiger partial charge in [-0.1, -0.05) is 19.1 Å². The Kier molecular flexibility index (Phi) is 4.52. The highest BCUT2D eigenvalue weighted by Crippen LogP contribution is 2.16. The van der Waals surface area contributed by atoms with E-state index in [4.69, 9.17) is 5.26 Å². The van der Waals surface area contributed by atoms with Crippen molar-refractivity contribution in [3.8, 4) is 17.3 Å². The van der Waals surface area contributed by atoms with Crippen LogP contribution in [0.4, 0.5) is 0 Å². The van der Waals surface area contributed by atoms with Gasteiger partial charge in [0.15, 0.2) is 0 Å². The zero-order valence-electron chi connectivity index (χ0n) is 11.6. The normalized spacial score (nSPS) is 9.90. The molecule has 106 valence electrons. The van der Waals surface area contributed by atoms with E-state index >= 15 is 0 Å². The quantitative estimate of drug-likeness (QED) is 0.899. The first-order chi connectivity index (χ1) is 10.2.